The summed E-state index contributed by atoms with van der Waals surface area (Å²) < 4.78 is 0.627. The van der Waals surface area contributed by atoms with E-state index in [0.717, 1.165) is 10.4 Å². The maximum Gasteiger partial charge on any atom is 0.266 e. The molecule has 0 spiro atoms. The molecule has 0 saturated carbocycles. The van der Waals surface area contributed by atoms with Crippen LogP contribution in [0.3, 0.4) is 0 Å². The van der Waals surface area contributed by atoms with Crippen LogP contribution in [0.2, 0.25) is 0 Å². The van der Waals surface area contributed by atoms with Crippen molar-refractivity contribution in [2.24, 2.45) is 0 Å². The van der Waals surface area contributed by atoms with Crippen LogP contribution in [0.25, 0.3) is 6.08 Å². The summed E-state index contributed by atoms with van der Waals surface area (Å²) in [5.41, 5.74) is 2.28. The average molecular weight is 346 g/mol. The molecule has 112 valence electrons. The quantitative estimate of drug-likeness (QED) is 0.575. The van der Waals surface area contributed by atoms with E-state index in [9.17, 15) is 4.79 Å². The second-order valence-electron chi connectivity index (χ2n) is 5.11. The molecule has 1 aliphatic heterocycles. The normalized spacial score (nSPS) is 18.3. The molecule has 3 rings (SSSR count). The van der Waals surface area contributed by atoms with Gasteiger partial charge in [0.1, 0.15) is 4.32 Å². The predicted octanol–water partition coefficient (Wildman–Crippen LogP) is 5.02. The number of thiocarbonyl (C=S) groups is 1. The van der Waals surface area contributed by atoms with Gasteiger partial charge in [0.05, 0.1) is 10.9 Å². The van der Waals surface area contributed by atoms with Crippen LogP contribution in [0, 0.1) is 6.92 Å². The van der Waals surface area contributed by atoms with Crippen molar-refractivity contribution in [3.63, 3.8) is 0 Å². The second kappa shape index (κ2) is 6.36. The molecule has 1 aromatic carbocycles. The van der Waals surface area contributed by atoms with Gasteiger partial charge in [-0.1, -0.05) is 54.3 Å². The number of rotatable bonds is 3. The zero-order chi connectivity index (χ0) is 15.7. The van der Waals surface area contributed by atoms with Crippen LogP contribution in [-0.4, -0.2) is 15.1 Å². The van der Waals surface area contributed by atoms with Crippen LogP contribution >= 0.6 is 35.3 Å². The molecule has 1 aromatic heterocycles. The lowest BCUT2D eigenvalue weighted by molar-refractivity contribution is -0.123. The highest BCUT2D eigenvalue weighted by Gasteiger charge is 2.35. The van der Waals surface area contributed by atoms with E-state index in [1.54, 1.807) is 16.2 Å². The number of nitrogens with zero attached hydrogens (tertiary/aromatic N) is 1. The zero-order valence-electron chi connectivity index (χ0n) is 12.3. The van der Waals surface area contributed by atoms with Gasteiger partial charge in [-0.05, 0) is 42.5 Å². The number of hydrogen-bond acceptors (Lipinski definition) is 4. The summed E-state index contributed by atoms with van der Waals surface area (Å²) in [5.74, 6) is -0.000784. The minimum absolute atomic E-state index is 0.000784. The van der Waals surface area contributed by atoms with Gasteiger partial charge in [0.2, 0.25) is 0 Å². The van der Waals surface area contributed by atoms with Gasteiger partial charge in [-0.25, -0.2) is 0 Å². The van der Waals surface area contributed by atoms with Gasteiger partial charge >= 0.3 is 0 Å². The predicted molar refractivity (Wildman–Crippen MR) is 98.9 cm³/mol. The molecule has 2 nitrogen and oxygen atoms in total. The van der Waals surface area contributed by atoms with Crippen molar-refractivity contribution in [1.29, 1.82) is 0 Å². The molecule has 1 saturated heterocycles. The van der Waals surface area contributed by atoms with Crippen molar-refractivity contribution in [2.45, 2.75) is 19.9 Å². The van der Waals surface area contributed by atoms with Crippen LogP contribution in [0.5, 0.6) is 0 Å². The van der Waals surface area contributed by atoms with E-state index in [1.807, 2.05) is 48.7 Å². The third-order valence-electron chi connectivity index (χ3n) is 3.66. The first-order valence-corrected chi connectivity index (χ1v) is 9.04. The fraction of sp³-hybridized carbons (Fsp3) is 0.176. The summed E-state index contributed by atoms with van der Waals surface area (Å²) in [6, 6.07) is 12.0. The Morgan fingerprint density at radius 3 is 2.59 bits per heavy atom. The minimum Gasteiger partial charge on any atom is -0.286 e. The number of hydrogen-bond donors (Lipinski definition) is 0. The van der Waals surface area contributed by atoms with Gasteiger partial charge in [0.25, 0.3) is 5.91 Å². The molecule has 22 heavy (non-hydrogen) atoms. The summed E-state index contributed by atoms with van der Waals surface area (Å²) >= 11 is 8.46. The topological polar surface area (TPSA) is 20.3 Å². The summed E-state index contributed by atoms with van der Waals surface area (Å²) in [5, 5.41) is 2.04. The van der Waals surface area contributed by atoms with Gasteiger partial charge in [-0.15, -0.1) is 11.3 Å². The number of aryl methyl sites for hydroxylation is 1. The summed E-state index contributed by atoms with van der Waals surface area (Å²) in [6.45, 7) is 4.06. The first-order valence-electron chi connectivity index (χ1n) is 6.94. The van der Waals surface area contributed by atoms with E-state index < -0.39 is 0 Å². The number of carbonyl (C=O) groups is 1. The first kappa shape index (κ1) is 15.5. The van der Waals surface area contributed by atoms with E-state index in [2.05, 4.69) is 13.0 Å². The number of thioether (sulfide) groups is 1. The van der Waals surface area contributed by atoms with Gasteiger partial charge < -0.3 is 0 Å². The van der Waals surface area contributed by atoms with Crippen molar-refractivity contribution < 1.29 is 4.79 Å². The van der Waals surface area contributed by atoms with Crippen molar-refractivity contribution in [3.05, 3.63) is 62.7 Å². The van der Waals surface area contributed by atoms with Crippen LogP contribution < -0.4 is 0 Å². The largest absolute Gasteiger partial charge is 0.286 e. The molecule has 0 aliphatic carbocycles. The highest BCUT2D eigenvalue weighted by atomic mass is 32.2. The van der Waals surface area contributed by atoms with Gasteiger partial charge in [-0.3, -0.25) is 9.69 Å². The Morgan fingerprint density at radius 1 is 1.23 bits per heavy atom. The molecular formula is C17H15NOS3. The lowest BCUT2D eigenvalue weighted by Crippen LogP contribution is -2.30. The average Bonchev–Trinajstić information content (AvgIpc) is 3.04. The Labute approximate surface area is 143 Å². The molecule has 0 bridgehead atoms. The Morgan fingerprint density at radius 2 is 1.95 bits per heavy atom. The highest BCUT2D eigenvalue weighted by Crippen LogP contribution is 2.38. The van der Waals surface area contributed by atoms with Gasteiger partial charge in [0.15, 0.2) is 0 Å². The van der Waals surface area contributed by atoms with Crippen LogP contribution in [0.4, 0.5) is 0 Å². The fourth-order valence-corrected chi connectivity index (χ4v) is 4.68. The summed E-state index contributed by atoms with van der Waals surface area (Å²) in [6.07, 6.45) is 1.96. The molecule has 2 aromatic rings. The molecule has 0 N–H and O–H groups in total. The monoisotopic (exact) mass is 345 g/mol. The van der Waals surface area contributed by atoms with E-state index in [-0.39, 0.29) is 11.9 Å². The van der Waals surface area contributed by atoms with Crippen molar-refractivity contribution in [1.82, 2.24) is 4.90 Å². The number of benzene rings is 1. The summed E-state index contributed by atoms with van der Waals surface area (Å²) in [7, 11) is 0. The Bertz CT molecular complexity index is 748. The standard InChI is InChI=1S/C17H15NOS3/c1-11-8-9-21-14(11)10-15-16(19)18(17(20)22-15)12(2)13-6-4-3-5-7-13/h3-10,12H,1-2H3/b15-10+/t12-/m0/s1. The number of amides is 1. The molecule has 5 heteroatoms. The zero-order valence-corrected chi connectivity index (χ0v) is 14.7. The first-order chi connectivity index (χ1) is 10.6. The smallest absolute Gasteiger partial charge is 0.266 e. The van der Waals surface area contributed by atoms with Crippen LogP contribution in [0.1, 0.15) is 29.0 Å². The van der Waals surface area contributed by atoms with E-state index in [4.69, 9.17) is 12.2 Å². The molecule has 1 atom stereocenters. The fourth-order valence-electron chi connectivity index (χ4n) is 2.35. The van der Waals surface area contributed by atoms with E-state index in [1.165, 1.54) is 17.3 Å². The van der Waals surface area contributed by atoms with Crippen LogP contribution in [-0.2, 0) is 4.79 Å². The van der Waals surface area contributed by atoms with Crippen molar-refractivity contribution in [2.75, 3.05) is 0 Å². The molecule has 2 heterocycles. The minimum atomic E-state index is -0.0518. The number of thiophene rings is 1. The van der Waals surface area contributed by atoms with Crippen molar-refractivity contribution >= 4 is 51.6 Å². The Kier molecular flexibility index (Phi) is 4.47. The molecule has 1 aliphatic rings. The maximum atomic E-state index is 12.7. The molecule has 1 amide bonds. The van der Waals surface area contributed by atoms with E-state index >= 15 is 0 Å². The second-order valence-corrected chi connectivity index (χ2v) is 7.73. The lowest BCUT2D eigenvalue weighted by Gasteiger charge is -2.23. The molecule has 1 fully saturated rings. The SMILES string of the molecule is Cc1ccsc1/C=C1/SC(=S)N([C@@H](C)c2ccccc2)C1=O. The number of carbonyl (C=O) groups excluding carboxylic acids is 1. The maximum absolute atomic E-state index is 12.7. The van der Waals surface area contributed by atoms with Gasteiger partial charge in [0, 0.05) is 4.88 Å². The van der Waals surface area contributed by atoms with Crippen molar-refractivity contribution in [3.8, 4) is 0 Å². The molecular weight excluding hydrogens is 330 g/mol. The third kappa shape index (κ3) is 2.89. The lowest BCUT2D eigenvalue weighted by atomic mass is 10.1. The summed E-state index contributed by atoms with van der Waals surface area (Å²) in [4.78, 5) is 16.3. The van der Waals surface area contributed by atoms with Gasteiger partial charge in [-0.2, -0.15) is 0 Å². The molecule has 0 radical (unpaired) electrons. The van der Waals surface area contributed by atoms with Crippen LogP contribution in [0.15, 0.2) is 46.7 Å². The Hall–Kier alpha value is -1.43. The highest BCUT2D eigenvalue weighted by molar-refractivity contribution is 8.26. The Balaban J connectivity index is 1.89. The third-order valence-corrected chi connectivity index (χ3v) is 5.95. The molecule has 0 unspecified atom stereocenters. The van der Waals surface area contributed by atoms with E-state index in [0.29, 0.717) is 9.23 Å².